The number of sulfonamides is 1. The Morgan fingerprint density at radius 2 is 2.11 bits per heavy atom. The first-order valence-corrected chi connectivity index (χ1v) is 7.78. The fourth-order valence-electron chi connectivity index (χ4n) is 2.02. The normalized spacial score (nSPS) is 20.5. The molecular formula is C11H13BrN2O3S. The zero-order chi connectivity index (χ0) is 13.5. The van der Waals surface area contributed by atoms with E-state index in [0.717, 1.165) is 15.7 Å². The number of amides is 1. The summed E-state index contributed by atoms with van der Waals surface area (Å²) in [5.74, 6) is -0.213. The number of nitrogens with two attached hydrogens (primary N) is 1. The van der Waals surface area contributed by atoms with Crippen LogP contribution in [0.25, 0.3) is 0 Å². The maximum atomic E-state index is 11.9. The van der Waals surface area contributed by atoms with E-state index in [9.17, 15) is 13.2 Å². The third kappa shape index (κ3) is 2.43. The van der Waals surface area contributed by atoms with Crippen molar-refractivity contribution in [2.75, 3.05) is 11.4 Å². The molecule has 2 N–H and O–H groups in total. The molecule has 5 nitrogen and oxygen atoms in total. The summed E-state index contributed by atoms with van der Waals surface area (Å²) in [7, 11) is -3.67. The van der Waals surface area contributed by atoms with Gasteiger partial charge in [0.05, 0.1) is 0 Å². The summed E-state index contributed by atoms with van der Waals surface area (Å²) in [6, 6.07) is 5.48. The van der Waals surface area contributed by atoms with Gasteiger partial charge in [-0.2, -0.15) is 0 Å². The lowest BCUT2D eigenvalue weighted by molar-refractivity contribution is -0.117. The second-order valence-corrected chi connectivity index (χ2v) is 7.00. The molecule has 0 aromatic heterocycles. The number of carbonyl (C=O) groups excluding carboxylic acids is 1. The van der Waals surface area contributed by atoms with Crippen LogP contribution in [0, 0.1) is 6.92 Å². The fourth-order valence-corrected chi connectivity index (χ4v) is 3.10. The van der Waals surface area contributed by atoms with Crippen molar-refractivity contribution in [3.8, 4) is 0 Å². The summed E-state index contributed by atoms with van der Waals surface area (Å²) in [5.41, 5.74) is 1.63. The minimum atomic E-state index is -3.67. The van der Waals surface area contributed by atoms with Crippen LogP contribution < -0.4 is 10.0 Å². The van der Waals surface area contributed by atoms with Crippen molar-refractivity contribution < 1.29 is 13.2 Å². The van der Waals surface area contributed by atoms with Crippen LogP contribution in [0.2, 0.25) is 0 Å². The van der Waals surface area contributed by atoms with Gasteiger partial charge in [0.2, 0.25) is 15.9 Å². The second-order valence-electron chi connectivity index (χ2n) is 4.30. The van der Waals surface area contributed by atoms with Crippen LogP contribution in [0.1, 0.15) is 12.0 Å². The van der Waals surface area contributed by atoms with Gasteiger partial charge in [-0.25, -0.2) is 13.6 Å². The van der Waals surface area contributed by atoms with E-state index >= 15 is 0 Å². The topological polar surface area (TPSA) is 80.5 Å². The molecule has 0 spiro atoms. The minimum absolute atomic E-state index is 0.0508. The van der Waals surface area contributed by atoms with Crippen molar-refractivity contribution in [3.63, 3.8) is 0 Å². The van der Waals surface area contributed by atoms with E-state index in [0.29, 0.717) is 0 Å². The molecule has 1 fully saturated rings. The van der Waals surface area contributed by atoms with Gasteiger partial charge in [0.15, 0.2) is 0 Å². The van der Waals surface area contributed by atoms with Crippen LogP contribution in [0.4, 0.5) is 5.69 Å². The molecule has 1 aromatic carbocycles. The highest BCUT2D eigenvalue weighted by atomic mass is 79.9. The molecule has 98 valence electrons. The van der Waals surface area contributed by atoms with E-state index in [1.54, 1.807) is 6.07 Å². The Hall–Kier alpha value is -0.920. The van der Waals surface area contributed by atoms with Crippen molar-refractivity contribution in [3.05, 3.63) is 28.2 Å². The molecule has 7 heteroatoms. The van der Waals surface area contributed by atoms with Gasteiger partial charge in [-0.05, 0) is 24.6 Å². The highest BCUT2D eigenvalue weighted by molar-refractivity contribution is 9.10. The van der Waals surface area contributed by atoms with Crippen molar-refractivity contribution in [1.82, 2.24) is 0 Å². The predicted molar refractivity (Wildman–Crippen MR) is 72.7 cm³/mol. The van der Waals surface area contributed by atoms with Gasteiger partial charge in [0.25, 0.3) is 0 Å². The van der Waals surface area contributed by atoms with Crippen LogP contribution in [-0.2, 0) is 14.8 Å². The predicted octanol–water partition coefficient (Wildman–Crippen LogP) is 1.15. The summed E-state index contributed by atoms with van der Waals surface area (Å²) >= 11 is 3.39. The van der Waals surface area contributed by atoms with Crippen molar-refractivity contribution >= 4 is 37.5 Å². The van der Waals surface area contributed by atoms with Gasteiger partial charge < -0.3 is 4.90 Å². The quantitative estimate of drug-likeness (QED) is 0.882. The number of primary sulfonamides is 1. The van der Waals surface area contributed by atoms with Gasteiger partial charge in [-0.1, -0.05) is 22.0 Å². The van der Waals surface area contributed by atoms with Crippen molar-refractivity contribution in [1.29, 1.82) is 0 Å². The number of carbonyl (C=O) groups is 1. The molecular weight excluding hydrogens is 320 g/mol. The average molecular weight is 333 g/mol. The van der Waals surface area contributed by atoms with Gasteiger partial charge in [-0.15, -0.1) is 0 Å². The first-order chi connectivity index (χ1) is 8.30. The molecule has 1 aliphatic heterocycles. The average Bonchev–Trinajstić information content (AvgIpc) is 2.64. The zero-order valence-electron chi connectivity index (χ0n) is 9.76. The lowest BCUT2D eigenvalue weighted by atomic mass is 10.2. The number of halogens is 1. The summed E-state index contributed by atoms with van der Waals surface area (Å²) in [6.07, 6.45) is -0.0508. The van der Waals surface area contributed by atoms with E-state index in [2.05, 4.69) is 15.9 Å². The van der Waals surface area contributed by atoms with Gasteiger partial charge >= 0.3 is 0 Å². The summed E-state index contributed by atoms with van der Waals surface area (Å²) in [4.78, 5) is 13.4. The Balaban J connectivity index is 2.36. The molecule has 1 aliphatic rings. The molecule has 0 radical (unpaired) electrons. The number of nitrogens with zero attached hydrogens (tertiary/aromatic N) is 1. The Morgan fingerprint density at radius 1 is 1.44 bits per heavy atom. The molecule has 18 heavy (non-hydrogen) atoms. The third-order valence-electron chi connectivity index (χ3n) is 3.08. The lowest BCUT2D eigenvalue weighted by Gasteiger charge is -2.19. The summed E-state index contributed by atoms with van der Waals surface area (Å²) in [6.45, 7) is 1.99. The lowest BCUT2D eigenvalue weighted by Crippen LogP contribution is -2.32. The Morgan fingerprint density at radius 3 is 2.67 bits per heavy atom. The van der Waals surface area contributed by atoms with E-state index in [1.807, 2.05) is 19.1 Å². The highest BCUT2D eigenvalue weighted by Crippen LogP contribution is 2.30. The maximum absolute atomic E-state index is 11.9. The Bertz CT molecular complexity index is 600. The molecule has 0 saturated carbocycles. The van der Waals surface area contributed by atoms with Crippen LogP contribution in [0.5, 0.6) is 0 Å². The van der Waals surface area contributed by atoms with Crippen molar-refractivity contribution in [2.45, 2.75) is 18.6 Å². The highest BCUT2D eigenvalue weighted by Gasteiger charge is 2.37. The number of anilines is 1. The Kier molecular flexibility index (Phi) is 3.48. The largest absolute Gasteiger partial charge is 0.311 e. The first kappa shape index (κ1) is 13.5. The summed E-state index contributed by atoms with van der Waals surface area (Å²) in [5, 5.41) is 4.28. The number of hydrogen-bond acceptors (Lipinski definition) is 3. The number of rotatable bonds is 2. The SMILES string of the molecule is Cc1c(Br)cccc1N1CC(S(N)(=O)=O)CC1=O. The van der Waals surface area contributed by atoms with Crippen LogP contribution >= 0.6 is 15.9 Å². The fraction of sp³-hybridized carbons (Fsp3) is 0.364. The van der Waals surface area contributed by atoms with Crippen LogP contribution in [-0.4, -0.2) is 26.1 Å². The number of benzene rings is 1. The van der Waals surface area contributed by atoms with E-state index in [1.165, 1.54) is 4.90 Å². The molecule has 1 amide bonds. The monoisotopic (exact) mass is 332 g/mol. The van der Waals surface area contributed by atoms with Crippen LogP contribution in [0.3, 0.4) is 0 Å². The molecule has 1 saturated heterocycles. The smallest absolute Gasteiger partial charge is 0.228 e. The molecule has 2 rings (SSSR count). The summed E-state index contributed by atoms with van der Waals surface area (Å²) < 4.78 is 23.5. The number of hydrogen-bond donors (Lipinski definition) is 1. The van der Waals surface area contributed by atoms with Gasteiger partial charge in [0, 0.05) is 23.1 Å². The molecule has 1 heterocycles. The van der Waals surface area contributed by atoms with Gasteiger partial charge in [0.1, 0.15) is 5.25 Å². The maximum Gasteiger partial charge on any atom is 0.228 e. The van der Waals surface area contributed by atoms with Crippen molar-refractivity contribution in [2.24, 2.45) is 5.14 Å². The van der Waals surface area contributed by atoms with Crippen LogP contribution in [0.15, 0.2) is 22.7 Å². The molecule has 1 atom stereocenters. The van der Waals surface area contributed by atoms with Gasteiger partial charge in [-0.3, -0.25) is 4.79 Å². The third-order valence-corrected chi connectivity index (χ3v) is 5.19. The zero-order valence-corrected chi connectivity index (χ0v) is 12.2. The molecule has 1 unspecified atom stereocenters. The molecule has 1 aromatic rings. The first-order valence-electron chi connectivity index (χ1n) is 5.38. The van der Waals surface area contributed by atoms with E-state index in [-0.39, 0.29) is 18.9 Å². The Labute approximate surface area is 114 Å². The standard InChI is InChI=1S/C11H13BrN2O3S/c1-7-9(12)3-2-4-10(7)14-6-8(5-11(14)15)18(13,16)17/h2-4,8H,5-6H2,1H3,(H2,13,16,17). The van der Waals surface area contributed by atoms with E-state index < -0.39 is 15.3 Å². The second kappa shape index (κ2) is 4.64. The van der Waals surface area contributed by atoms with E-state index in [4.69, 9.17) is 5.14 Å². The minimum Gasteiger partial charge on any atom is -0.311 e. The molecule has 0 bridgehead atoms. The molecule has 0 aliphatic carbocycles.